The fourth-order valence-corrected chi connectivity index (χ4v) is 2.18. The topological polar surface area (TPSA) is 88.8 Å². The summed E-state index contributed by atoms with van der Waals surface area (Å²) in [4.78, 5) is 13.6. The molecule has 0 saturated carbocycles. The van der Waals surface area contributed by atoms with Crippen LogP contribution >= 0.6 is 0 Å². The molecular weight excluding hydrogens is 294 g/mol. The van der Waals surface area contributed by atoms with Crippen molar-refractivity contribution >= 4 is 11.7 Å². The summed E-state index contributed by atoms with van der Waals surface area (Å²) in [5.41, 5.74) is 6.47. The molecule has 0 amide bonds. The average molecular weight is 311 g/mol. The van der Waals surface area contributed by atoms with Crippen LogP contribution in [0.4, 0.5) is 5.82 Å². The third kappa shape index (κ3) is 3.06. The fraction of sp³-hybridized carbons (Fsp3) is 0.250. The number of aliphatic imine (C=N–C) groups is 1. The number of anilines is 1. The average Bonchev–Trinajstić information content (AvgIpc) is 3.01. The van der Waals surface area contributed by atoms with Crippen molar-refractivity contribution in [3.8, 4) is 23.3 Å². The smallest absolute Gasteiger partial charge is 0.185 e. The summed E-state index contributed by atoms with van der Waals surface area (Å²) in [5.74, 6) is 8.96. The molecule has 7 heteroatoms. The third-order valence-electron chi connectivity index (χ3n) is 3.34. The Morgan fingerprint density at radius 1 is 1.35 bits per heavy atom. The van der Waals surface area contributed by atoms with Gasteiger partial charge in [0.25, 0.3) is 0 Å². The first-order chi connectivity index (χ1) is 11.2. The van der Waals surface area contributed by atoms with Crippen LogP contribution in [0.3, 0.4) is 0 Å². The largest absolute Gasteiger partial charge is 0.493 e. The number of hydrogen-bond donors (Lipinski definition) is 2. The molecule has 1 aliphatic rings. The molecule has 0 bridgehead atoms. The molecule has 0 radical (unpaired) electrons. The van der Waals surface area contributed by atoms with E-state index in [1.807, 2.05) is 36.2 Å². The summed E-state index contributed by atoms with van der Waals surface area (Å²) in [7, 11) is 3.51. The van der Waals surface area contributed by atoms with Gasteiger partial charge >= 0.3 is 0 Å². The monoisotopic (exact) mass is 311 g/mol. The number of amidine groups is 1. The van der Waals surface area contributed by atoms with Gasteiger partial charge in [0.05, 0.1) is 7.11 Å². The van der Waals surface area contributed by atoms with Crippen molar-refractivity contribution in [3.63, 3.8) is 0 Å². The predicted octanol–water partition coefficient (Wildman–Crippen LogP) is 0.961. The number of aromatic nitrogens is 2. The van der Waals surface area contributed by atoms with Crippen LogP contribution in [0, 0.1) is 11.8 Å². The van der Waals surface area contributed by atoms with Gasteiger partial charge in [0, 0.05) is 7.05 Å². The van der Waals surface area contributed by atoms with Gasteiger partial charge in [0.15, 0.2) is 17.3 Å². The Bertz CT molecular complexity index is 800. The normalized spacial score (nSPS) is 12.8. The second-order valence-electron chi connectivity index (χ2n) is 4.91. The Morgan fingerprint density at radius 2 is 2.13 bits per heavy atom. The molecule has 118 valence electrons. The van der Waals surface area contributed by atoms with Gasteiger partial charge in [-0.3, -0.25) is 0 Å². The Kier molecular flexibility index (Phi) is 4.06. The lowest BCUT2D eigenvalue weighted by Crippen LogP contribution is -2.29. The van der Waals surface area contributed by atoms with Gasteiger partial charge < -0.3 is 25.1 Å². The fourth-order valence-electron chi connectivity index (χ4n) is 2.18. The van der Waals surface area contributed by atoms with Gasteiger partial charge in [0.2, 0.25) is 0 Å². The Labute approximate surface area is 134 Å². The highest BCUT2D eigenvalue weighted by atomic mass is 16.5. The number of nitrogens with two attached hydrogens (primary N) is 1. The number of imidazole rings is 1. The zero-order valence-corrected chi connectivity index (χ0v) is 13.0. The molecule has 1 aliphatic heterocycles. The molecule has 0 unspecified atom stereocenters. The van der Waals surface area contributed by atoms with E-state index in [-0.39, 0.29) is 6.61 Å². The zero-order chi connectivity index (χ0) is 16.2. The summed E-state index contributed by atoms with van der Waals surface area (Å²) in [5, 5.41) is 0. The van der Waals surface area contributed by atoms with Crippen molar-refractivity contribution in [2.45, 2.75) is 0 Å². The van der Waals surface area contributed by atoms with Gasteiger partial charge in [-0.25, -0.2) is 9.98 Å². The number of nitrogens with zero attached hydrogens (tertiary/aromatic N) is 3. The van der Waals surface area contributed by atoms with E-state index in [1.165, 1.54) is 0 Å². The van der Waals surface area contributed by atoms with Crippen molar-refractivity contribution in [3.05, 3.63) is 35.8 Å². The first-order valence-electron chi connectivity index (χ1n) is 7.05. The predicted molar refractivity (Wildman–Crippen MR) is 87.9 cm³/mol. The van der Waals surface area contributed by atoms with Crippen LogP contribution < -0.4 is 20.1 Å². The number of hydrogen-bond acceptors (Lipinski definition) is 6. The Balaban J connectivity index is 1.69. The summed E-state index contributed by atoms with van der Waals surface area (Å²) in [6.07, 6.45) is 0. The molecule has 7 nitrogen and oxygen atoms in total. The summed E-state index contributed by atoms with van der Waals surface area (Å²) in [6.45, 7) is 0.732. The second-order valence-corrected chi connectivity index (χ2v) is 4.91. The van der Waals surface area contributed by atoms with E-state index in [4.69, 9.17) is 15.2 Å². The number of methoxy groups -OCH3 is 1. The maximum Gasteiger partial charge on any atom is 0.185 e. The number of para-hydroxylation sites is 2. The van der Waals surface area contributed by atoms with Crippen molar-refractivity contribution in [1.29, 1.82) is 0 Å². The molecule has 0 atom stereocenters. The molecule has 23 heavy (non-hydrogen) atoms. The molecule has 0 aliphatic carbocycles. The van der Waals surface area contributed by atoms with Crippen LogP contribution in [-0.2, 0) is 0 Å². The lowest BCUT2D eigenvalue weighted by atomic mass is 10.3. The minimum Gasteiger partial charge on any atom is -0.493 e. The van der Waals surface area contributed by atoms with Crippen molar-refractivity contribution < 1.29 is 9.47 Å². The van der Waals surface area contributed by atoms with E-state index in [0.717, 1.165) is 5.82 Å². The van der Waals surface area contributed by atoms with E-state index in [0.29, 0.717) is 35.5 Å². The third-order valence-corrected chi connectivity index (χ3v) is 3.34. The standard InChI is InChI=1S/C16H17N5O2/c1-21-10-18-15(17)14-16(21)20-13(19-14)8-5-9-23-12-7-4-3-6-11(12)22-2/h3-4,6-7H,9-10H2,1-2H3,(H2,17,18)(H,19,20). The highest BCUT2D eigenvalue weighted by Crippen LogP contribution is 2.25. The Hall–Kier alpha value is -3.14. The summed E-state index contributed by atoms with van der Waals surface area (Å²) >= 11 is 0. The molecule has 3 rings (SSSR count). The first kappa shape index (κ1) is 14.8. The van der Waals surface area contributed by atoms with Gasteiger partial charge in [0.1, 0.15) is 30.6 Å². The van der Waals surface area contributed by atoms with Crippen LogP contribution in [-0.4, -0.2) is 43.2 Å². The van der Waals surface area contributed by atoms with E-state index in [9.17, 15) is 0 Å². The van der Waals surface area contributed by atoms with Gasteiger partial charge in [-0.05, 0) is 18.1 Å². The lowest BCUT2D eigenvalue weighted by molar-refractivity contribution is 0.331. The molecule has 1 aromatic carbocycles. The van der Waals surface area contributed by atoms with Crippen LogP contribution in [0.5, 0.6) is 11.5 Å². The van der Waals surface area contributed by atoms with Gasteiger partial charge in [-0.1, -0.05) is 18.1 Å². The first-order valence-corrected chi connectivity index (χ1v) is 7.05. The van der Waals surface area contributed by atoms with Gasteiger partial charge in [-0.15, -0.1) is 0 Å². The summed E-state index contributed by atoms with van der Waals surface area (Å²) in [6, 6.07) is 7.43. The van der Waals surface area contributed by atoms with Crippen LogP contribution in [0.15, 0.2) is 29.3 Å². The van der Waals surface area contributed by atoms with E-state index in [2.05, 4.69) is 26.8 Å². The van der Waals surface area contributed by atoms with Crippen molar-refractivity contribution in [2.24, 2.45) is 10.7 Å². The summed E-state index contributed by atoms with van der Waals surface area (Å²) < 4.78 is 10.8. The number of rotatable bonds is 3. The quantitative estimate of drug-likeness (QED) is 0.824. The SMILES string of the molecule is COc1ccccc1OCC#Cc1nc2c([nH]1)N(C)CN=C2N. The van der Waals surface area contributed by atoms with Gasteiger partial charge in [-0.2, -0.15) is 0 Å². The Morgan fingerprint density at radius 3 is 2.87 bits per heavy atom. The number of aromatic amines is 1. The number of fused-ring (bicyclic) bond motifs is 1. The highest BCUT2D eigenvalue weighted by molar-refractivity contribution is 6.01. The molecule has 1 aromatic heterocycles. The maximum absolute atomic E-state index is 5.84. The van der Waals surface area contributed by atoms with E-state index >= 15 is 0 Å². The zero-order valence-electron chi connectivity index (χ0n) is 13.0. The van der Waals surface area contributed by atoms with Crippen LogP contribution in [0.25, 0.3) is 0 Å². The molecule has 0 spiro atoms. The number of nitrogens with one attached hydrogen (secondary N) is 1. The van der Waals surface area contributed by atoms with Crippen molar-refractivity contribution in [2.75, 3.05) is 32.3 Å². The number of ether oxygens (including phenoxy) is 2. The second kappa shape index (κ2) is 6.32. The highest BCUT2D eigenvalue weighted by Gasteiger charge is 2.19. The lowest BCUT2D eigenvalue weighted by Gasteiger charge is -2.19. The van der Waals surface area contributed by atoms with Crippen LogP contribution in [0.2, 0.25) is 0 Å². The molecule has 0 fully saturated rings. The maximum atomic E-state index is 5.84. The van der Waals surface area contributed by atoms with Crippen LogP contribution in [0.1, 0.15) is 11.5 Å². The van der Waals surface area contributed by atoms with E-state index < -0.39 is 0 Å². The van der Waals surface area contributed by atoms with Crippen molar-refractivity contribution in [1.82, 2.24) is 9.97 Å². The number of H-pyrrole nitrogens is 1. The molecule has 2 aromatic rings. The molecule has 3 N–H and O–H groups in total. The minimum atomic E-state index is 0.227. The van der Waals surface area contributed by atoms with E-state index in [1.54, 1.807) is 7.11 Å². The molecule has 2 heterocycles. The molecular formula is C16H17N5O2. The minimum absolute atomic E-state index is 0.227. The number of benzene rings is 1. The molecule has 0 saturated heterocycles.